The van der Waals surface area contributed by atoms with Crippen molar-refractivity contribution in [3.05, 3.63) is 53.5 Å². The third-order valence-electron chi connectivity index (χ3n) is 4.29. The van der Waals surface area contributed by atoms with Crippen LogP contribution in [0.4, 0.5) is 5.13 Å². The minimum Gasteiger partial charge on any atom is -0.301 e. The summed E-state index contributed by atoms with van der Waals surface area (Å²) in [5.41, 5.74) is 1.91. The highest BCUT2D eigenvalue weighted by Crippen LogP contribution is 2.26. The lowest BCUT2D eigenvalue weighted by Crippen LogP contribution is -2.39. The van der Waals surface area contributed by atoms with E-state index >= 15 is 0 Å². The van der Waals surface area contributed by atoms with Crippen molar-refractivity contribution >= 4 is 54.1 Å². The zero-order valence-electron chi connectivity index (χ0n) is 14.5. The first-order chi connectivity index (χ1) is 12.6. The molecule has 0 saturated heterocycles. The maximum Gasteiger partial charge on any atom is 0.243 e. The van der Waals surface area contributed by atoms with Gasteiger partial charge >= 0.3 is 0 Å². The van der Waals surface area contributed by atoms with Crippen molar-refractivity contribution in [1.29, 1.82) is 0 Å². The van der Waals surface area contributed by atoms with Crippen molar-refractivity contribution < 1.29 is 4.79 Å². The number of hydrogen-bond donors (Lipinski definition) is 1. The van der Waals surface area contributed by atoms with Crippen LogP contribution in [-0.2, 0) is 11.3 Å². The minimum atomic E-state index is -0.283. The first-order valence-electron chi connectivity index (χ1n) is 8.31. The van der Waals surface area contributed by atoms with Crippen LogP contribution >= 0.6 is 22.7 Å². The van der Waals surface area contributed by atoms with Gasteiger partial charge in [0.15, 0.2) is 5.13 Å². The van der Waals surface area contributed by atoms with Crippen molar-refractivity contribution in [1.82, 2.24) is 14.9 Å². The summed E-state index contributed by atoms with van der Waals surface area (Å²) in [7, 11) is 1.94. The van der Waals surface area contributed by atoms with Crippen molar-refractivity contribution in [2.75, 3.05) is 12.4 Å². The van der Waals surface area contributed by atoms with Crippen molar-refractivity contribution in [3.63, 3.8) is 0 Å². The summed E-state index contributed by atoms with van der Waals surface area (Å²) in [4.78, 5) is 23.7. The fourth-order valence-corrected chi connectivity index (χ4v) is 4.57. The molecule has 1 amide bonds. The molecule has 0 radical (unpaired) electrons. The molecule has 26 heavy (non-hydrogen) atoms. The van der Waals surface area contributed by atoms with Gasteiger partial charge in [-0.15, -0.1) is 11.3 Å². The van der Waals surface area contributed by atoms with E-state index in [0.29, 0.717) is 11.7 Å². The molecule has 0 aliphatic carbocycles. The molecule has 2 heterocycles. The van der Waals surface area contributed by atoms with E-state index in [9.17, 15) is 4.79 Å². The number of carbonyl (C=O) groups is 1. The first kappa shape index (κ1) is 17.1. The summed E-state index contributed by atoms with van der Waals surface area (Å²) >= 11 is 3.16. The van der Waals surface area contributed by atoms with Gasteiger partial charge in [-0.2, -0.15) is 0 Å². The first-order valence-corrected chi connectivity index (χ1v) is 9.94. The SMILES string of the molecule is C[C@@H](C(=O)Nc1nc2ccccc2s1)N(C)Cc1nc2ccccc2s1. The van der Waals surface area contributed by atoms with Crippen LogP contribution in [0.5, 0.6) is 0 Å². The highest BCUT2D eigenvalue weighted by molar-refractivity contribution is 7.22. The molecule has 1 N–H and O–H groups in total. The van der Waals surface area contributed by atoms with Gasteiger partial charge < -0.3 is 5.32 Å². The number of nitrogens with one attached hydrogen (secondary N) is 1. The van der Waals surface area contributed by atoms with Crippen molar-refractivity contribution in [3.8, 4) is 0 Å². The number of fused-ring (bicyclic) bond motifs is 2. The molecule has 4 rings (SSSR count). The molecule has 5 nitrogen and oxygen atoms in total. The number of rotatable bonds is 5. The number of amides is 1. The highest BCUT2D eigenvalue weighted by atomic mass is 32.1. The van der Waals surface area contributed by atoms with Gasteiger partial charge in [0.1, 0.15) is 5.01 Å². The molecule has 2 aromatic heterocycles. The Morgan fingerprint density at radius 2 is 1.65 bits per heavy atom. The number of likely N-dealkylation sites (N-methyl/N-ethyl adjacent to an activating group) is 1. The Balaban J connectivity index is 1.43. The average molecular weight is 383 g/mol. The van der Waals surface area contributed by atoms with Crippen LogP contribution in [0.15, 0.2) is 48.5 Å². The van der Waals surface area contributed by atoms with Crippen LogP contribution in [0, 0.1) is 0 Å². The Morgan fingerprint density at radius 3 is 2.31 bits per heavy atom. The van der Waals surface area contributed by atoms with Crippen LogP contribution in [-0.4, -0.2) is 33.9 Å². The van der Waals surface area contributed by atoms with Gasteiger partial charge in [0.25, 0.3) is 0 Å². The van der Waals surface area contributed by atoms with E-state index in [0.717, 1.165) is 20.7 Å². The van der Waals surface area contributed by atoms with E-state index < -0.39 is 0 Å². The summed E-state index contributed by atoms with van der Waals surface area (Å²) in [6, 6.07) is 15.7. The van der Waals surface area contributed by atoms with Crippen LogP contribution in [0.2, 0.25) is 0 Å². The van der Waals surface area contributed by atoms with E-state index in [1.165, 1.54) is 16.0 Å². The Labute approximate surface area is 159 Å². The van der Waals surface area contributed by atoms with E-state index in [4.69, 9.17) is 0 Å². The predicted molar refractivity (Wildman–Crippen MR) is 109 cm³/mol. The molecule has 0 fully saturated rings. The molecule has 1 atom stereocenters. The molecule has 0 spiro atoms. The quantitative estimate of drug-likeness (QED) is 0.557. The van der Waals surface area contributed by atoms with E-state index in [2.05, 4.69) is 21.4 Å². The fourth-order valence-electron chi connectivity index (χ4n) is 2.67. The summed E-state index contributed by atoms with van der Waals surface area (Å²) in [6.45, 7) is 2.53. The third kappa shape index (κ3) is 3.46. The van der Waals surface area contributed by atoms with Gasteiger partial charge in [-0.05, 0) is 38.2 Å². The smallest absolute Gasteiger partial charge is 0.243 e. The summed E-state index contributed by atoms with van der Waals surface area (Å²) in [5.74, 6) is -0.0623. The summed E-state index contributed by atoms with van der Waals surface area (Å²) in [6.07, 6.45) is 0. The van der Waals surface area contributed by atoms with Gasteiger partial charge in [-0.3, -0.25) is 9.69 Å². The fraction of sp³-hybridized carbons (Fsp3) is 0.211. The second-order valence-electron chi connectivity index (χ2n) is 6.14. The van der Waals surface area contributed by atoms with Crippen LogP contribution in [0.25, 0.3) is 20.4 Å². The molecule has 4 aromatic rings. The number of thiazole rings is 2. The monoisotopic (exact) mass is 382 g/mol. The molecule has 0 saturated carbocycles. The maximum atomic E-state index is 12.6. The lowest BCUT2D eigenvalue weighted by molar-refractivity contribution is -0.120. The predicted octanol–water partition coefficient (Wildman–Crippen LogP) is 4.37. The second kappa shape index (κ2) is 7.11. The van der Waals surface area contributed by atoms with E-state index in [-0.39, 0.29) is 11.9 Å². The van der Waals surface area contributed by atoms with Crippen molar-refractivity contribution in [2.45, 2.75) is 19.5 Å². The minimum absolute atomic E-state index is 0.0623. The normalized spacial score (nSPS) is 12.7. The summed E-state index contributed by atoms with van der Waals surface area (Å²) in [5, 5.41) is 4.58. The van der Waals surface area contributed by atoms with Gasteiger partial charge in [0.2, 0.25) is 5.91 Å². The number of hydrogen-bond acceptors (Lipinski definition) is 6. The van der Waals surface area contributed by atoms with Crippen LogP contribution in [0.1, 0.15) is 11.9 Å². The second-order valence-corrected chi connectivity index (χ2v) is 8.29. The number of para-hydroxylation sites is 2. The molecular formula is C19H18N4OS2. The summed E-state index contributed by atoms with van der Waals surface area (Å²) < 4.78 is 2.24. The van der Waals surface area contributed by atoms with E-state index in [1.54, 1.807) is 11.3 Å². The highest BCUT2D eigenvalue weighted by Gasteiger charge is 2.20. The third-order valence-corrected chi connectivity index (χ3v) is 6.26. The van der Waals surface area contributed by atoms with Gasteiger partial charge in [-0.1, -0.05) is 35.6 Å². The lowest BCUT2D eigenvalue weighted by atomic mass is 10.3. The Bertz CT molecular complexity index is 1010. The average Bonchev–Trinajstić information content (AvgIpc) is 3.23. The van der Waals surface area contributed by atoms with Crippen LogP contribution < -0.4 is 5.32 Å². The molecular weight excluding hydrogens is 364 g/mol. The standard InChI is InChI=1S/C19H18N4OS2/c1-12(18(24)22-19-21-14-8-4-6-10-16(14)26-19)23(2)11-17-20-13-7-3-5-9-15(13)25-17/h3-10,12H,11H2,1-2H3,(H,21,22,24)/t12-/m0/s1. The number of benzene rings is 2. The number of anilines is 1. The molecule has 0 unspecified atom stereocenters. The van der Waals surface area contributed by atoms with Gasteiger partial charge in [-0.25, -0.2) is 9.97 Å². The van der Waals surface area contributed by atoms with Gasteiger partial charge in [0.05, 0.1) is 33.0 Å². The maximum absolute atomic E-state index is 12.6. The topological polar surface area (TPSA) is 58.1 Å². The van der Waals surface area contributed by atoms with Crippen LogP contribution in [0.3, 0.4) is 0 Å². The molecule has 0 aliphatic rings. The lowest BCUT2D eigenvalue weighted by Gasteiger charge is -2.22. The molecule has 0 bridgehead atoms. The van der Waals surface area contributed by atoms with Gasteiger partial charge in [0, 0.05) is 0 Å². The zero-order chi connectivity index (χ0) is 18.1. The van der Waals surface area contributed by atoms with E-state index in [1.807, 2.05) is 61.3 Å². The Hall–Kier alpha value is -2.35. The largest absolute Gasteiger partial charge is 0.301 e. The molecule has 7 heteroatoms. The zero-order valence-corrected chi connectivity index (χ0v) is 16.1. The molecule has 0 aliphatic heterocycles. The van der Waals surface area contributed by atoms with Crippen molar-refractivity contribution in [2.24, 2.45) is 0 Å². The molecule has 2 aromatic carbocycles. The number of aromatic nitrogens is 2. The Kier molecular flexibility index (Phi) is 4.67. The number of carbonyl (C=O) groups excluding carboxylic acids is 1. The Morgan fingerprint density at radius 1 is 1.04 bits per heavy atom. The molecule has 132 valence electrons. The number of nitrogens with zero attached hydrogens (tertiary/aromatic N) is 3.